The van der Waals surface area contributed by atoms with Crippen molar-refractivity contribution in [2.45, 2.75) is 19.9 Å². The fraction of sp³-hybridized carbons (Fsp3) is 0.200. The largest absolute Gasteiger partial charge is 0.459 e. The molecule has 1 atom stereocenters. The van der Waals surface area contributed by atoms with E-state index < -0.39 is 0 Å². The van der Waals surface area contributed by atoms with Crippen molar-refractivity contribution in [2.24, 2.45) is 5.84 Å². The number of hydrogen-bond acceptors (Lipinski definition) is 4. The van der Waals surface area contributed by atoms with Crippen LogP contribution in [0.3, 0.4) is 0 Å². The van der Waals surface area contributed by atoms with Gasteiger partial charge in [-0.05, 0) is 49.7 Å². The van der Waals surface area contributed by atoms with Crippen LogP contribution in [0.1, 0.15) is 27.1 Å². The Morgan fingerprint density at radius 3 is 2.70 bits per heavy atom. The van der Waals surface area contributed by atoms with E-state index in [4.69, 9.17) is 21.9 Å². The van der Waals surface area contributed by atoms with Crippen LogP contribution in [0.25, 0.3) is 11.0 Å². The first-order valence-electron chi connectivity index (χ1n) is 6.30. The molecule has 3 nitrogen and oxygen atoms in total. The Hall–Kier alpha value is -1.33. The number of nitrogens with two attached hydrogens (primary N) is 1. The van der Waals surface area contributed by atoms with Gasteiger partial charge in [-0.15, -0.1) is 11.3 Å². The van der Waals surface area contributed by atoms with Crippen LogP contribution < -0.4 is 11.3 Å². The molecule has 0 saturated carbocycles. The maximum absolute atomic E-state index is 6.00. The third-order valence-electron chi connectivity index (χ3n) is 3.42. The summed E-state index contributed by atoms with van der Waals surface area (Å²) in [5, 5.41) is 1.68. The minimum Gasteiger partial charge on any atom is -0.459 e. The van der Waals surface area contributed by atoms with Crippen molar-refractivity contribution in [3.63, 3.8) is 0 Å². The standard InChI is InChI=1S/C15H15ClN2OS/c1-8-5-14(20-9(8)2)15(18-17)13-7-10-6-11(16)3-4-12(10)19-13/h3-7,15,18H,17H2,1-2H3. The van der Waals surface area contributed by atoms with Gasteiger partial charge in [0.15, 0.2) is 0 Å². The van der Waals surface area contributed by atoms with E-state index in [0.29, 0.717) is 5.02 Å². The molecular weight excluding hydrogens is 292 g/mol. The van der Waals surface area contributed by atoms with Crippen molar-refractivity contribution in [1.82, 2.24) is 5.43 Å². The van der Waals surface area contributed by atoms with E-state index in [9.17, 15) is 0 Å². The molecule has 104 valence electrons. The summed E-state index contributed by atoms with van der Waals surface area (Å²) < 4.78 is 5.89. The summed E-state index contributed by atoms with van der Waals surface area (Å²) in [5.74, 6) is 6.52. The molecule has 2 heterocycles. The quantitative estimate of drug-likeness (QED) is 0.560. The van der Waals surface area contributed by atoms with Crippen molar-refractivity contribution in [2.75, 3.05) is 0 Å². The maximum Gasteiger partial charge on any atom is 0.134 e. The van der Waals surface area contributed by atoms with Gasteiger partial charge in [0.25, 0.3) is 0 Å². The minimum absolute atomic E-state index is 0.140. The summed E-state index contributed by atoms with van der Waals surface area (Å²) in [6.45, 7) is 4.21. The lowest BCUT2D eigenvalue weighted by Gasteiger charge is -2.10. The minimum atomic E-state index is -0.140. The fourth-order valence-electron chi connectivity index (χ4n) is 2.23. The number of aryl methyl sites for hydroxylation is 2. The molecule has 3 rings (SSSR count). The first-order chi connectivity index (χ1) is 9.58. The number of furan rings is 1. The predicted octanol–water partition coefficient (Wildman–Crippen LogP) is 4.32. The number of thiophene rings is 1. The third-order valence-corrected chi connectivity index (χ3v) is 4.87. The highest BCUT2D eigenvalue weighted by Gasteiger charge is 2.19. The van der Waals surface area contributed by atoms with Crippen LogP contribution in [0, 0.1) is 13.8 Å². The first kappa shape index (κ1) is 13.6. The van der Waals surface area contributed by atoms with E-state index in [2.05, 4.69) is 25.3 Å². The smallest absolute Gasteiger partial charge is 0.134 e. The molecule has 0 aliphatic carbocycles. The molecule has 0 aliphatic heterocycles. The molecule has 20 heavy (non-hydrogen) atoms. The van der Waals surface area contributed by atoms with Crippen LogP contribution in [0.4, 0.5) is 0 Å². The Labute approximate surface area is 126 Å². The second-order valence-electron chi connectivity index (χ2n) is 4.82. The highest BCUT2D eigenvalue weighted by atomic mass is 35.5. The maximum atomic E-state index is 6.00. The Kier molecular flexibility index (Phi) is 3.56. The van der Waals surface area contributed by atoms with Crippen LogP contribution in [0.5, 0.6) is 0 Å². The lowest BCUT2D eigenvalue weighted by Crippen LogP contribution is -2.27. The zero-order valence-corrected chi connectivity index (χ0v) is 12.8. The molecule has 3 N–H and O–H groups in total. The molecule has 0 aliphatic rings. The number of nitrogens with one attached hydrogen (secondary N) is 1. The van der Waals surface area contributed by atoms with Crippen LogP contribution in [0.2, 0.25) is 5.02 Å². The second kappa shape index (κ2) is 5.22. The summed E-state index contributed by atoms with van der Waals surface area (Å²) in [6, 6.07) is 9.57. The molecular formula is C15H15ClN2OS. The van der Waals surface area contributed by atoms with Crippen LogP contribution in [0.15, 0.2) is 34.7 Å². The van der Waals surface area contributed by atoms with Crippen molar-refractivity contribution in [1.29, 1.82) is 0 Å². The zero-order chi connectivity index (χ0) is 14.3. The van der Waals surface area contributed by atoms with Gasteiger partial charge >= 0.3 is 0 Å². The van der Waals surface area contributed by atoms with Crippen LogP contribution in [-0.2, 0) is 0 Å². The molecule has 0 saturated heterocycles. The summed E-state index contributed by atoms with van der Waals surface area (Å²) in [5.41, 5.74) is 4.92. The van der Waals surface area contributed by atoms with E-state index >= 15 is 0 Å². The van der Waals surface area contributed by atoms with Gasteiger partial charge in [0, 0.05) is 20.2 Å². The van der Waals surface area contributed by atoms with E-state index in [1.54, 1.807) is 11.3 Å². The number of halogens is 1. The van der Waals surface area contributed by atoms with E-state index in [-0.39, 0.29) is 6.04 Å². The SMILES string of the molecule is Cc1cc(C(NN)c2cc3cc(Cl)ccc3o2)sc1C. The molecule has 0 fully saturated rings. The van der Waals surface area contributed by atoms with Gasteiger partial charge in [-0.3, -0.25) is 5.84 Å². The molecule has 0 amide bonds. The van der Waals surface area contributed by atoms with Crippen molar-refractivity contribution >= 4 is 33.9 Å². The summed E-state index contributed by atoms with van der Waals surface area (Å²) >= 11 is 7.73. The second-order valence-corrected chi connectivity index (χ2v) is 6.54. The Balaban J connectivity index is 2.06. The lowest BCUT2D eigenvalue weighted by atomic mass is 10.1. The molecule has 0 bridgehead atoms. The lowest BCUT2D eigenvalue weighted by molar-refractivity contribution is 0.481. The number of hydrazine groups is 1. The normalized spacial score (nSPS) is 13.0. The van der Waals surface area contributed by atoms with Gasteiger partial charge in [-0.25, -0.2) is 5.43 Å². The van der Waals surface area contributed by atoms with Crippen molar-refractivity contribution in [3.8, 4) is 0 Å². The Morgan fingerprint density at radius 2 is 2.05 bits per heavy atom. The number of hydrogen-bond donors (Lipinski definition) is 2. The fourth-order valence-corrected chi connectivity index (χ4v) is 3.52. The molecule has 1 unspecified atom stereocenters. The monoisotopic (exact) mass is 306 g/mol. The van der Waals surface area contributed by atoms with Gasteiger partial charge in [-0.1, -0.05) is 11.6 Å². The van der Waals surface area contributed by atoms with E-state index in [0.717, 1.165) is 21.6 Å². The Bertz CT molecular complexity index is 743. The van der Waals surface area contributed by atoms with Crippen molar-refractivity contribution < 1.29 is 4.42 Å². The van der Waals surface area contributed by atoms with Crippen LogP contribution >= 0.6 is 22.9 Å². The Morgan fingerprint density at radius 1 is 1.25 bits per heavy atom. The average molecular weight is 307 g/mol. The molecule has 1 aromatic carbocycles. The highest BCUT2D eigenvalue weighted by Crippen LogP contribution is 2.33. The number of benzene rings is 1. The molecule has 3 aromatic rings. The first-order valence-corrected chi connectivity index (χ1v) is 7.50. The summed E-state index contributed by atoms with van der Waals surface area (Å²) in [7, 11) is 0. The van der Waals surface area contributed by atoms with Gasteiger partial charge in [-0.2, -0.15) is 0 Å². The van der Waals surface area contributed by atoms with Gasteiger partial charge in [0.2, 0.25) is 0 Å². The van der Waals surface area contributed by atoms with Gasteiger partial charge < -0.3 is 4.42 Å². The average Bonchev–Trinajstić information content (AvgIpc) is 2.95. The molecule has 2 aromatic heterocycles. The molecule has 0 radical (unpaired) electrons. The zero-order valence-electron chi connectivity index (χ0n) is 11.2. The summed E-state index contributed by atoms with van der Waals surface area (Å²) in [4.78, 5) is 2.44. The van der Waals surface area contributed by atoms with Crippen molar-refractivity contribution in [3.05, 3.63) is 56.4 Å². The van der Waals surface area contributed by atoms with Crippen LogP contribution in [-0.4, -0.2) is 0 Å². The molecule has 0 spiro atoms. The topological polar surface area (TPSA) is 51.2 Å². The van der Waals surface area contributed by atoms with E-state index in [1.807, 2.05) is 24.3 Å². The van der Waals surface area contributed by atoms with Gasteiger partial charge in [0.1, 0.15) is 17.4 Å². The number of fused-ring (bicyclic) bond motifs is 1. The molecule has 5 heteroatoms. The number of rotatable bonds is 3. The predicted molar refractivity (Wildman–Crippen MR) is 84.2 cm³/mol. The van der Waals surface area contributed by atoms with Gasteiger partial charge in [0.05, 0.1) is 0 Å². The third kappa shape index (κ3) is 2.36. The van der Waals surface area contributed by atoms with E-state index in [1.165, 1.54) is 10.4 Å². The summed E-state index contributed by atoms with van der Waals surface area (Å²) in [6.07, 6.45) is 0. The highest BCUT2D eigenvalue weighted by molar-refractivity contribution is 7.12.